The van der Waals surface area contributed by atoms with Gasteiger partial charge < -0.3 is 10.2 Å². The summed E-state index contributed by atoms with van der Waals surface area (Å²) in [4.78, 5) is 11.5. The van der Waals surface area contributed by atoms with E-state index >= 15 is 0 Å². The topological polar surface area (TPSA) is 41.1 Å². The van der Waals surface area contributed by atoms with Gasteiger partial charge in [0.1, 0.15) is 0 Å². The molecule has 0 atom stereocenters. The van der Waals surface area contributed by atoms with Crippen LogP contribution in [0, 0.1) is 5.41 Å². The summed E-state index contributed by atoms with van der Waals surface area (Å²) in [6.45, 7) is 7.79. The third-order valence-electron chi connectivity index (χ3n) is 4.49. The standard InChI is InChI=1S/C16H26N4/c1-16(2)6-3-8-20(9-7-16)15-18-11-13(12-19-15)10-17-14-4-5-14/h11-12,14,17H,3-10H2,1-2H3. The molecule has 3 rings (SSSR count). The molecule has 4 heteroatoms. The molecule has 2 fully saturated rings. The van der Waals surface area contributed by atoms with Crippen molar-refractivity contribution in [3.63, 3.8) is 0 Å². The first-order chi connectivity index (χ1) is 9.62. The predicted octanol–water partition coefficient (Wildman–Crippen LogP) is 2.75. The van der Waals surface area contributed by atoms with Crippen molar-refractivity contribution in [2.24, 2.45) is 5.41 Å². The highest BCUT2D eigenvalue weighted by atomic mass is 15.2. The number of anilines is 1. The molecule has 0 unspecified atom stereocenters. The van der Waals surface area contributed by atoms with Gasteiger partial charge in [0.05, 0.1) is 0 Å². The van der Waals surface area contributed by atoms with Crippen molar-refractivity contribution in [1.29, 1.82) is 0 Å². The Labute approximate surface area is 122 Å². The van der Waals surface area contributed by atoms with E-state index in [9.17, 15) is 0 Å². The fourth-order valence-electron chi connectivity index (χ4n) is 2.78. The fraction of sp³-hybridized carbons (Fsp3) is 0.750. The highest BCUT2D eigenvalue weighted by molar-refractivity contribution is 5.30. The molecule has 1 N–H and O–H groups in total. The lowest BCUT2D eigenvalue weighted by Crippen LogP contribution is -2.27. The second-order valence-electron chi connectivity index (χ2n) is 7.05. The minimum atomic E-state index is 0.461. The number of rotatable bonds is 4. The first-order valence-corrected chi connectivity index (χ1v) is 7.92. The number of hydrogen-bond acceptors (Lipinski definition) is 4. The van der Waals surface area contributed by atoms with E-state index in [0.717, 1.165) is 31.6 Å². The van der Waals surface area contributed by atoms with Gasteiger partial charge in [0.2, 0.25) is 5.95 Å². The Hall–Kier alpha value is -1.16. The van der Waals surface area contributed by atoms with Crippen molar-refractivity contribution in [2.45, 2.75) is 58.5 Å². The smallest absolute Gasteiger partial charge is 0.225 e. The average molecular weight is 274 g/mol. The molecular weight excluding hydrogens is 248 g/mol. The van der Waals surface area contributed by atoms with Gasteiger partial charge in [0.25, 0.3) is 0 Å². The third kappa shape index (κ3) is 3.69. The van der Waals surface area contributed by atoms with Crippen LogP contribution >= 0.6 is 0 Å². The fourth-order valence-corrected chi connectivity index (χ4v) is 2.78. The van der Waals surface area contributed by atoms with Crippen molar-refractivity contribution in [2.75, 3.05) is 18.0 Å². The molecule has 1 aliphatic heterocycles. The zero-order valence-corrected chi connectivity index (χ0v) is 12.7. The Morgan fingerprint density at radius 3 is 2.65 bits per heavy atom. The Kier molecular flexibility index (Phi) is 3.92. The van der Waals surface area contributed by atoms with Gasteiger partial charge in [-0.3, -0.25) is 0 Å². The quantitative estimate of drug-likeness (QED) is 0.916. The van der Waals surface area contributed by atoms with Crippen LogP contribution in [0.15, 0.2) is 12.4 Å². The molecule has 110 valence electrons. The maximum atomic E-state index is 4.56. The van der Waals surface area contributed by atoms with Gasteiger partial charge in [-0.2, -0.15) is 0 Å². The third-order valence-corrected chi connectivity index (χ3v) is 4.49. The van der Waals surface area contributed by atoms with Crippen LogP contribution in [0.2, 0.25) is 0 Å². The summed E-state index contributed by atoms with van der Waals surface area (Å²) < 4.78 is 0. The molecule has 4 nitrogen and oxygen atoms in total. The average Bonchev–Trinajstić information content (AvgIpc) is 3.25. The molecule has 1 saturated heterocycles. The minimum Gasteiger partial charge on any atom is -0.341 e. The van der Waals surface area contributed by atoms with Crippen LogP contribution in [0.4, 0.5) is 5.95 Å². The Morgan fingerprint density at radius 1 is 1.20 bits per heavy atom. The van der Waals surface area contributed by atoms with Gasteiger partial charge >= 0.3 is 0 Å². The van der Waals surface area contributed by atoms with Gasteiger partial charge in [-0.25, -0.2) is 9.97 Å². The van der Waals surface area contributed by atoms with E-state index in [1.165, 1.54) is 37.7 Å². The first kappa shape index (κ1) is 13.8. The molecule has 1 aromatic heterocycles. The van der Waals surface area contributed by atoms with E-state index in [1.54, 1.807) is 0 Å². The summed E-state index contributed by atoms with van der Waals surface area (Å²) in [5, 5.41) is 3.50. The van der Waals surface area contributed by atoms with Crippen molar-refractivity contribution < 1.29 is 0 Å². The molecule has 2 aliphatic rings. The monoisotopic (exact) mass is 274 g/mol. The van der Waals surface area contributed by atoms with E-state index in [2.05, 4.69) is 34.0 Å². The molecular formula is C16H26N4. The molecule has 0 aromatic carbocycles. The normalized spacial score (nSPS) is 22.6. The van der Waals surface area contributed by atoms with Gasteiger partial charge in [0, 0.05) is 43.6 Å². The second-order valence-corrected chi connectivity index (χ2v) is 7.05. The highest BCUT2D eigenvalue weighted by Crippen LogP contribution is 2.30. The van der Waals surface area contributed by atoms with Crippen molar-refractivity contribution in [3.05, 3.63) is 18.0 Å². The van der Waals surface area contributed by atoms with Gasteiger partial charge in [-0.15, -0.1) is 0 Å². The predicted molar refractivity (Wildman–Crippen MR) is 81.7 cm³/mol. The van der Waals surface area contributed by atoms with Crippen LogP contribution in [0.3, 0.4) is 0 Å². The Bertz CT molecular complexity index is 436. The molecule has 2 heterocycles. The SMILES string of the molecule is CC1(C)CCCN(c2ncc(CNC3CC3)cn2)CC1. The molecule has 0 amide bonds. The number of nitrogens with zero attached hydrogens (tertiary/aromatic N) is 3. The summed E-state index contributed by atoms with van der Waals surface area (Å²) in [5.74, 6) is 0.901. The van der Waals surface area contributed by atoms with E-state index in [4.69, 9.17) is 0 Å². The number of aromatic nitrogens is 2. The molecule has 1 aromatic rings. The van der Waals surface area contributed by atoms with Crippen LogP contribution in [0.25, 0.3) is 0 Å². The lowest BCUT2D eigenvalue weighted by atomic mass is 9.85. The van der Waals surface area contributed by atoms with Crippen LogP contribution in [-0.2, 0) is 6.54 Å². The van der Waals surface area contributed by atoms with Crippen LogP contribution < -0.4 is 10.2 Å². The molecule has 0 spiro atoms. The lowest BCUT2D eigenvalue weighted by Gasteiger charge is -2.23. The second kappa shape index (κ2) is 5.68. The van der Waals surface area contributed by atoms with E-state index in [-0.39, 0.29) is 0 Å². The van der Waals surface area contributed by atoms with Crippen molar-refractivity contribution in [1.82, 2.24) is 15.3 Å². The van der Waals surface area contributed by atoms with Crippen LogP contribution in [0.1, 0.15) is 51.5 Å². The van der Waals surface area contributed by atoms with Gasteiger partial charge in [-0.05, 0) is 37.5 Å². The summed E-state index contributed by atoms with van der Waals surface area (Å²) in [5.41, 5.74) is 1.65. The van der Waals surface area contributed by atoms with Crippen molar-refractivity contribution >= 4 is 5.95 Å². The van der Waals surface area contributed by atoms with Crippen LogP contribution in [0.5, 0.6) is 0 Å². The maximum absolute atomic E-state index is 4.56. The van der Waals surface area contributed by atoms with Gasteiger partial charge in [-0.1, -0.05) is 13.8 Å². The highest BCUT2D eigenvalue weighted by Gasteiger charge is 2.24. The minimum absolute atomic E-state index is 0.461. The van der Waals surface area contributed by atoms with E-state index < -0.39 is 0 Å². The summed E-state index contributed by atoms with van der Waals surface area (Å²) in [7, 11) is 0. The summed E-state index contributed by atoms with van der Waals surface area (Å²) in [6.07, 6.45) is 10.4. The summed E-state index contributed by atoms with van der Waals surface area (Å²) >= 11 is 0. The zero-order valence-electron chi connectivity index (χ0n) is 12.7. The Morgan fingerprint density at radius 2 is 1.95 bits per heavy atom. The summed E-state index contributed by atoms with van der Waals surface area (Å²) in [6, 6.07) is 0.738. The molecule has 1 saturated carbocycles. The van der Waals surface area contributed by atoms with Crippen LogP contribution in [-0.4, -0.2) is 29.1 Å². The lowest BCUT2D eigenvalue weighted by molar-refractivity contribution is 0.325. The zero-order chi connectivity index (χ0) is 14.0. The number of hydrogen-bond donors (Lipinski definition) is 1. The number of nitrogens with one attached hydrogen (secondary N) is 1. The van der Waals surface area contributed by atoms with Crippen molar-refractivity contribution in [3.8, 4) is 0 Å². The molecule has 0 radical (unpaired) electrons. The van der Waals surface area contributed by atoms with E-state index in [1.807, 2.05) is 12.4 Å². The maximum Gasteiger partial charge on any atom is 0.225 e. The van der Waals surface area contributed by atoms with Gasteiger partial charge in [0.15, 0.2) is 0 Å². The molecule has 1 aliphatic carbocycles. The molecule has 20 heavy (non-hydrogen) atoms. The largest absolute Gasteiger partial charge is 0.341 e. The Balaban J connectivity index is 1.58. The van der Waals surface area contributed by atoms with E-state index in [0.29, 0.717) is 5.41 Å². The first-order valence-electron chi connectivity index (χ1n) is 7.92. The molecule has 0 bridgehead atoms.